The lowest BCUT2D eigenvalue weighted by molar-refractivity contribution is -0.161. The minimum Gasteiger partial charge on any atom is -0.462 e. The lowest BCUT2D eigenvalue weighted by Crippen LogP contribution is -2.30. The van der Waals surface area contributed by atoms with E-state index >= 15 is 0 Å². The van der Waals surface area contributed by atoms with Crippen molar-refractivity contribution in [2.24, 2.45) is 23.7 Å². The predicted octanol–water partition coefficient (Wildman–Crippen LogP) is 21.7. The van der Waals surface area contributed by atoms with Crippen LogP contribution >= 0.6 is 15.6 Å². The summed E-state index contributed by atoms with van der Waals surface area (Å²) in [7, 11) is -9.91. The fourth-order valence-corrected chi connectivity index (χ4v) is 12.9. The zero-order chi connectivity index (χ0) is 69.6. The third kappa shape index (κ3) is 67.3. The highest BCUT2D eigenvalue weighted by Crippen LogP contribution is 2.45. The van der Waals surface area contributed by atoms with Gasteiger partial charge in [0.2, 0.25) is 0 Å². The van der Waals surface area contributed by atoms with Gasteiger partial charge in [-0.25, -0.2) is 9.13 Å². The zero-order valence-corrected chi connectivity index (χ0v) is 63.4. The molecular weight excluding hydrogens is 1230 g/mol. The van der Waals surface area contributed by atoms with Crippen LogP contribution in [0.3, 0.4) is 0 Å². The highest BCUT2D eigenvalue weighted by Gasteiger charge is 2.30. The van der Waals surface area contributed by atoms with Gasteiger partial charge in [0.05, 0.1) is 26.4 Å². The van der Waals surface area contributed by atoms with Crippen LogP contribution in [0.15, 0.2) is 0 Å². The average Bonchev–Trinajstić information content (AvgIpc) is 1.73. The maximum Gasteiger partial charge on any atom is 0.472 e. The van der Waals surface area contributed by atoms with Crippen molar-refractivity contribution >= 4 is 39.5 Å². The number of rotatable bonds is 72. The van der Waals surface area contributed by atoms with Gasteiger partial charge in [-0.15, -0.1) is 0 Å². The van der Waals surface area contributed by atoms with E-state index in [-0.39, 0.29) is 25.7 Å². The van der Waals surface area contributed by atoms with Crippen LogP contribution in [0, 0.1) is 23.7 Å². The number of phosphoric acid groups is 2. The molecule has 0 aliphatic heterocycles. The number of ether oxygens (including phenoxy) is 4. The molecule has 3 N–H and O–H groups in total. The molecule has 0 fully saturated rings. The van der Waals surface area contributed by atoms with Crippen LogP contribution in [-0.4, -0.2) is 96.7 Å². The number of hydrogen-bond donors (Lipinski definition) is 3. The highest BCUT2D eigenvalue weighted by molar-refractivity contribution is 7.47. The number of esters is 4. The molecule has 0 aromatic rings. The third-order valence-electron chi connectivity index (χ3n) is 17.7. The van der Waals surface area contributed by atoms with Gasteiger partial charge in [0.1, 0.15) is 19.3 Å². The second kappa shape index (κ2) is 64.4. The number of aliphatic hydroxyl groups excluding tert-OH is 1. The first kappa shape index (κ1) is 92.1. The standard InChI is InChI=1S/C75H146O17P2/c1-9-68(8)54-46-38-29-23-20-21-25-31-41-49-57-74(79)91-70(61-86-73(78)56-48-40-32-26-28-36-44-52-66(4)5)63-89-93(81,82)87-59-69(76)60-88-94(83,84)90-64-71(92-75(80)58-50-42-34-33-37-45-53-67(6)7)62-85-72(77)55-47-39-30-24-19-17-15-13-11-10-12-14-16-18-22-27-35-43-51-65(2)3/h65-71,76H,9-64H2,1-8H3,(H,81,82)(H,83,84)/t68?,69?,70-,71-/m1/s1. The van der Waals surface area contributed by atoms with Crippen molar-refractivity contribution in [3.63, 3.8) is 0 Å². The third-order valence-corrected chi connectivity index (χ3v) is 19.6. The van der Waals surface area contributed by atoms with Gasteiger partial charge in [-0.2, -0.15) is 0 Å². The molecule has 0 spiro atoms. The summed E-state index contributed by atoms with van der Waals surface area (Å²) >= 11 is 0. The molecule has 0 aliphatic carbocycles. The lowest BCUT2D eigenvalue weighted by Gasteiger charge is -2.21. The molecule has 0 rings (SSSR count). The Morgan fingerprint density at radius 1 is 0.298 bits per heavy atom. The van der Waals surface area contributed by atoms with Gasteiger partial charge in [0.25, 0.3) is 0 Å². The molecule has 558 valence electrons. The highest BCUT2D eigenvalue weighted by atomic mass is 31.2. The number of hydrogen-bond acceptors (Lipinski definition) is 15. The molecule has 4 unspecified atom stereocenters. The first-order valence-electron chi connectivity index (χ1n) is 38.7. The maximum atomic E-state index is 13.0. The first-order chi connectivity index (χ1) is 45.1. The molecule has 0 aliphatic rings. The fourth-order valence-electron chi connectivity index (χ4n) is 11.3. The summed E-state index contributed by atoms with van der Waals surface area (Å²) in [6.45, 7) is 14.1. The molecule has 0 heterocycles. The second-order valence-corrected chi connectivity index (χ2v) is 31.6. The molecule has 19 heteroatoms. The lowest BCUT2D eigenvalue weighted by atomic mass is 9.99. The van der Waals surface area contributed by atoms with E-state index in [1.807, 2.05) is 0 Å². The van der Waals surface area contributed by atoms with Crippen LogP contribution in [0.4, 0.5) is 0 Å². The topological polar surface area (TPSA) is 237 Å². The minimum absolute atomic E-state index is 0.102. The summed E-state index contributed by atoms with van der Waals surface area (Å²) < 4.78 is 68.4. The second-order valence-electron chi connectivity index (χ2n) is 28.7. The van der Waals surface area contributed by atoms with Crippen molar-refractivity contribution in [2.75, 3.05) is 39.6 Å². The maximum absolute atomic E-state index is 13.0. The molecule has 0 radical (unpaired) electrons. The molecule has 94 heavy (non-hydrogen) atoms. The predicted molar refractivity (Wildman–Crippen MR) is 381 cm³/mol. The zero-order valence-electron chi connectivity index (χ0n) is 61.6. The summed E-state index contributed by atoms with van der Waals surface area (Å²) in [6, 6.07) is 0. The minimum atomic E-state index is -4.95. The molecule has 0 saturated heterocycles. The molecule has 17 nitrogen and oxygen atoms in total. The van der Waals surface area contributed by atoms with Gasteiger partial charge >= 0.3 is 39.5 Å². The molecule has 0 amide bonds. The molecule has 0 aromatic carbocycles. The fraction of sp³-hybridized carbons (Fsp3) is 0.947. The van der Waals surface area contributed by atoms with Crippen molar-refractivity contribution in [3.8, 4) is 0 Å². The van der Waals surface area contributed by atoms with Crippen LogP contribution < -0.4 is 0 Å². The SMILES string of the molecule is CCC(C)CCCCCCCCCCCCC(=O)O[C@H](COC(=O)CCCCCCCCCC(C)C)COP(=O)(O)OCC(O)COP(=O)(O)OC[C@@H](COC(=O)CCCCCCCCCCCCCCCCCCCCC(C)C)OC(=O)CCCCCCCCC(C)C. The van der Waals surface area contributed by atoms with Gasteiger partial charge in [-0.3, -0.25) is 37.3 Å². The Labute approximate surface area is 575 Å². The van der Waals surface area contributed by atoms with E-state index < -0.39 is 97.5 Å². The van der Waals surface area contributed by atoms with Crippen LogP contribution in [0.2, 0.25) is 0 Å². The van der Waals surface area contributed by atoms with Crippen LogP contribution in [0.5, 0.6) is 0 Å². The Bertz CT molecular complexity index is 1850. The van der Waals surface area contributed by atoms with Crippen molar-refractivity contribution in [3.05, 3.63) is 0 Å². The van der Waals surface area contributed by atoms with Crippen molar-refractivity contribution in [1.29, 1.82) is 0 Å². The van der Waals surface area contributed by atoms with Crippen LogP contribution in [0.1, 0.15) is 376 Å². The molecule has 0 saturated carbocycles. The van der Waals surface area contributed by atoms with Crippen molar-refractivity contribution < 1.29 is 80.2 Å². The summed E-state index contributed by atoms with van der Waals surface area (Å²) in [5.74, 6) is 0.871. The Kier molecular flexibility index (Phi) is 63.1. The normalized spacial score (nSPS) is 14.4. The van der Waals surface area contributed by atoms with E-state index in [1.165, 1.54) is 173 Å². The van der Waals surface area contributed by atoms with E-state index in [2.05, 4.69) is 55.4 Å². The Hall–Kier alpha value is -1.94. The van der Waals surface area contributed by atoms with Gasteiger partial charge in [-0.1, -0.05) is 325 Å². The number of phosphoric ester groups is 2. The largest absolute Gasteiger partial charge is 0.472 e. The van der Waals surface area contributed by atoms with Crippen LogP contribution in [0.25, 0.3) is 0 Å². The Balaban J connectivity index is 5.13. The van der Waals surface area contributed by atoms with E-state index in [1.54, 1.807) is 0 Å². The smallest absolute Gasteiger partial charge is 0.462 e. The molecular formula is C75H146O17P2. The number of aliphatic hydroxyl groups is 1. The molecule has 6 atom stereocenters. The summed E-state index contributed by atoms with van der Waals surface area (Å²) in [5, 5.41) is 10.6. The van der Waals surface area contributed by atoms with E-state index in [0.717, 1.165) is 108 Å². The van der Waals surface area contributed by atoms with E-state index in [4.69, 9.17) is 37.0 Å². The monoisotopic (exact) mass is 1380 g/mol. The van der Waals surface area contributed by atoms with Gasteiger partial charge < -0.3 is 33.8 Å². The molecule has 0 aromatic heterocycles. The number of unbranched alkanes of at least 4 members (excludes halogenated alkanes) is 37. The Morgan fingerprint density at radius 3 is 0.755 bits per heavy atom. The van der Waals surface area contributed by atoms with Crippen LogP contribution in [-0.2, 0) is 65.4 Å². The Morgan fingerprint density at radius 2 is 0.511 bits per heavy atom. The summed E-state index contributed by atoms with van der Waals surface area (Å²) in [4.78, 5) is 72.6. The van der Waals surface area contributed by atoms with Gasteiger partial charge in [0, 0.05) is 25.7 Å². The quantitative estimate of drug-likeness (QED) is 0.0222. The number of carbonyl (C=O) groups excluding carboxylic acids is 4. The van der Waals surface area contributed by atoms with Gasteiger partial charge in [-0.05, 0) is 49.4 Å². The summed E-state index contributed by atoms with van der Waals surface area (Å²) in [6.07, 6.45) is 48.9. The van der Waals surface area contributed by atoms with Crippen molar-refractivity contribution in [2.45, 2.75) is 395 Å². The average molecular weight is 1380 g/mol. The van der Waals surface area contributed by atoms with Crippen molar-refractivity contribution in [1.82, 2.24) is 0 Å². The van der Waals surface area contributed by atoms with E-state index in [0.29, 0.717) is 37.5 Å². The number of carbonyl (C=O) groups is 4. The summed E-state index contributed by atoms with van der Waals surface area (Å²) in [5.41, 5.74) is 0. The first-order valence-corrected chi connectivity index (χ1v) is 41.7. The molecule has 0 bridgehead atoms. The van der Waals surface area contributed by atoms with E-state index in [9.17, 15) is 43.2 Å². The van der Waals surface area contributed by atoms with Gasteiger partial charge in [0.15, 0.2) is 12.2 Å².